The second-order valence-electron chi connectivity index (χ2n) is 10.3. The van der Waals surface area contributed by atoms with Crippen molar-refractivity contribution in [1.82, 2.24) is 14.9 Å². The van der Waals surface area contributed by atoms with Crippen LogP contribution >= 0.6 is 0 Å². The molecule has 1 aliphatic heterocycles. The number of aryl methyl sites for hydroxylation is 2. The number of hydrogen-bond donors (Lipinski definition) is 1. The summed E-state index contributed by atoms with van der Waals surface area (Å²) >= 11 is 0. The zero-order chi connectivity index (χ0) is 24.3. The summed E-state index contributed by atoms with van der Waals surface area (Å²) in [5.74, 6) is 3.07. The van der Waals surface area contributed by atoms with E-state index in [1.165, 1.54) is 5.56 Å². The summed E-state index contributed by atoms with van der Waals surface area (Å²) < 4.78 is 6.04. The van der Waals surface area contributed by atoms with Crippen LogP contribution in [-0.4, -0.2) is 60.1 Å². The summed E-state index contributed by atoms with van der Waals surface area (Å²) in [4.78, 5) is 25.0. The monoisotopic (exact) mass is 465 g/mol. The summed E-state index contributed by atoms with van der Waals surface area (Å²) in [5, 5.41) is 0. The molecule has 0 unspecified atom stereocenters. The van der Waals surface area contributed by atoms with Crippen molar-refractivity contribution in [2.45, 2.75) is 57.9 Å². The van der Waals surface area contributed by atoms with Crippen molar-refractivity contribution in [3.8, 4) is 5.75 Å². The van der Waals surface area contributed by atoms with Gasteiger partial charge in [-0.3, -0.25) is 4.79 Å². The first-order valence-corrected chi connectivity index (χ1v) is 12.6. The second-order valence-corrected chi connectivity index (χ2v) is 10.3. The van der Waals surface area contributed by atoms with Gasteiger partial charge in [0.25, 0.3) is 0 Å². The average Bonchev–Trinajstić information content (AvgIpc) is 3.52. The number of nitrogens with two attached hydrogens (primary N) is 1. The van der Waals surface area contributed by atoms with Crippen molar-refractivity contribution in [2.75, 3.05) is 38.7 Å². The van der Waals surface area contributed by atoms with Crippen LogP contribution in [0.3, 0.4) is 0 Å². The highest BCUT2D eigenvalue weighted by molar-refractivity contribution is 5.78. The molecule has 7 nitrogen and oxygen atoms in total. The molecule has 2 atom stereocenters. The molecule has 0 bridgehead atoms. The van der Waals surface area contributed by atoms with Gasteiger partial charge in [-0.1, -0.05) is 13.0 Å². The van der Waals surface area contributed by atoms with Gasteiger partial charge in [0.2, 0.25) is 11.9 Å². The van der Waals surface area contributed by atoms with Crippen LogP contribution in [0.25, 0.3) is 0 Å². The van der Waals surface area contributed by atoms with Crippen molar-refractivity contribution in [3.63, 3.8) is 0 Å². The lowest BCUT2D eigenvalue weighted by Gasteiger charge is -2.33. The Hall–Kier alpha value is -2.67. The highest BCUT2D eigenvalue weighted by Gasteiger charge is 2.54. The van der Waals surface area contributed by atoms with E-state index in [9.17, 15) is 4.79 Å². The molecule has 1 aromatic heterocycles. The summed E-state index contributed by atoms with van der Waals surface area (Å²) in [7, 11) is 3.57. The van der Waals surface area contributed by atoms with Gasteiger partial charge in [0.05, 0.1) is 13.0 Å². The maximum Gasteiger partial charge on any atom is 0.226 e. The number of piperidine rings is 1. The smallest absolute Gasteiger partial charge is 0.226 e. The number of ether oxygens (including phenoxy) is 1. The normalized spacial score (nSPS) is 22.5. The van der Waals surface area contributed by atoms with Gasteiger partial charge in [-0.25, -0.2) is 9.97 Å². The number of benzene rings is 1. The average molecular weight is 466 g/mol. The van der Waals surface area contributed by atoms with Crippen LogP contribution in [-0.2, 0) is 17.6 Å². The number of amides is 1. The predicted octanol–water partition coefficient (Wildman–Crippen LogP) is 3.38. The minimum absolute atomic E-state index is 0.0980. The highest BCUT2D eigenvalue weighted by atomic mass is 16.5. The molecule has 34 heavy (non-hydrogen) atoms. The molecule has 2 aromatic rings. The van der Waals surface area contributed by atoms with E-state index >= 15 is 0 Å². The molecule has 2 aliphatic rings. The quantitative estimate of drug-likeness (QED) is 0.611. The first kappa shape index (κ1) is 24.5. The fraction of sp³-hybridized carbons (Fsp3) is 0.593. The predicted molar refractivity (Wildman–Crippen MR) is 135 cm³/mol. The van der Waals surface area contributed by atoms with E-state index in [0.29, 0.717) is 24.9 Å². The van der Waals surface area contributed by atoms with E-state index in [1.807, 2.05) is 37.5 Å². The lowest BCUT2D eigenvalue weighted by atomic mass is 9.89. The highest BCUT2D eigenvalue weighted by Crippen LogP contribution is 2.51. The molecule has 2 heterocycles. The van der Waals surface area contributed by atoms with Gasteiger partial charge in [-0.2, -0.15) is 0 Å². The molecule has 1 saturated carbocycles. The summed E-state index contributed by atoms with van der Waals surface area (Å²) in [5.41, 5.74) is 9.95. The Morgan fingerprint density at radius 3 is 2.56 bits per heavy atom. The molecule has 0 spiro atoms. The number of carbonyl (C=O) groups excluding carboxylic acids is 1. The Labute approximate surface area is 203 Å². The molecule has 0 radical (unpaired) electrons. The lowest BCUT2D eigenvalue weighted by Crippen LogP contribution is -2.38. The molecular weight excluding hydrogens is 426 g/mol. The van der Waals surface area contributed by atoms with E-state index in [2.05, 4.69) is 21.8 Å². The maximum atomic E-state index is 12.0. The van der Waals surface area contributed by atoms with E-state index in [-0.39, 0.29) is 11.4 Å². The third kappa shape index (κ3) is 5.69. The molecule has 2 fully saturated rings. The fourth-order valence-corrected chi connectivity index (χ4v) is 5.11. The largest absolute Gasteiger partial charge is 0.494 e. The Morgan fingerprint density at radius 2 is 1.94 bits per heavy atom. The molecule has 184 valence electrons. The standard InChI is InChI=1S/C27H39N5O2/c1-5-20-17-29-26(30-18-20)32-11-8-21(9-12-32)24-16-27(24,28)10-13-34-23-7-6-22(19(2)14-23)15-25(33)31(3)4/h6-7,14,17-18,21,24H,5,8-13,15-16,28H2,1-4H3/t24-,27+/m1/s1. The van der Waals surface area contributed by atoms with Crippen LogP contribution in [0.4, 0.5) is 5.95 Å². The van der Waals surface area contributed by atoms with Crippen LogP contribution in [0.5, 0.6) is 5.75 Å². The second kappa shape index (κ2) is 10.3. The van der Waals surface area contributed by atoms with Gasteiger partial charge in [0.15, 0.2) is 0 Å². The number of hydrogen-bond acceptors (Lipinski definition) is 6. The molecule has 2 N–H and O–H groups in total. The van der Waals surface area contributed by atoms with Crippen molar-refractivity contribution >= 4 is 11.9 Å². The van der Waals surface area contributed by atoms with Gasteiger partial charge in [0, 0.05) is 45.1 Å². The lowest BCUT2D eigenvalue weighted by molar-refractivity contribution is -0.127. The minimum atomic E-state index is -0.0980. The van der Waals surface area contributed by atoms with Gasteiger partial charge in [0.1, 0.15) is 5.75 Å². The molecule has 4 rings (SSSR count). The van der Waals surface area contributed by atoms with Crippen LogP contribution in [0.15, 0.2) is 30.6 Å². The Bertz CT molecular complexity index is 985. The van der Waals surface area contributed by atoms with Crippen LogP contribution in [0, 0.1) is 18.8 Å². The molecule has 7 heteroatoms. The van der Waals surface area contributed by atoms with Gasteiger partial charge < -0.3 is 20.3 Å². The van der Waals surface area contributed by atoms with Crippen molar-refractivity contribution < 1.29 is 9.53 Å². The zero-order valence-electron chi connectivity index (χ0n) is 21.1. The van der Waals surface area contributed by atoms with E-state index in [1.54, 1.807) is 19.0 Å². The summed E-state index contributed by atoms with van der Waals surface area (Å²) in [6, 6.07) is 5.98. The van der Waals surface area contributed by atoms with Crippen LogP contribution in [0.1, 0.15) is 49.3 Å². The number of carbonyl (C=O) groups is 1. The van der Waals surface area contributed by atoms with E-state index < -0.39 is 0 Å². The third-order valence-electron chi connectivity index (χ3n) is 7.66. The molecule has 1 saturated heterocycles. The Morgan fingerprint density at radius 1 is 1.24 bits per heavy atom. The van der Waals surface area contributed by atoms with E-state index in [4.69, 9.17) is 10.5 Å². The summed E-state index contributed by atoms with van der Waals surface area (Å²) in [6.45, 7) is 6.78. The molecule has 1 amide bonds. The van der Waals surface area contributed by atoms with Gasteiger partial charge >= 0.3 is 0 Å². The van der Waals surface area contributed by atoms with E-state index in [0.717, 1.165) is 68.0 Å². The van der Waals surface area contributed by atoms with Crippen molar-refractivity contribution in [2.24, 2.45) is 17.6 Å². The Kier molecular flexibility index (Phi) is 7.41. The van der Waals surface area contributed by atoms with Crippen LogP contribution in [0.2, 0.25) is 0 Å². The SMILES string of the molecule is CCc1cnc(N2CCC([C@H]3C[C@@]3(N)CCOc3ccc(CC(=O)N(C)C)c(C)c3)CC2)nc1. The molecule has 1 aliphatic carbocycles. The molecule has 1 aromatic carbocycles. The first-order chi connectivity index (χ1) is 16.3. The number of aromatic nitrogens is 2. The van der Waals surface area contributed by atoms with Gasteiger partial charge in [-0.15, -0.1) is 0 Å². The number of likely N-dealkylation sites (N-methyl/N-ethyl adjacent to an activating group) is 1. The molecular formula is C27H39N5O2. The van der Waals surface area contributed by atoms with Crippen molar-refractivity contribution in [1.29, 1.82) is 0 Å². The zero-order valence-corrected chi connectivity index (χ0v) is 21.1. The fourth-order valence-electron chi connectivity index (χ4n) is 5.11. The third-order valence-corrected chi connectivity index (χ3v) is 7.66. The van der Waals surface area contributed by atoms with Gasteiger partial charge in [-0.05, 0) is 79.7 Å². The number of rotatable bonds is 9. The van der Waals surface area contributed by atoms with Crippen LogP contribution < -0.4 is 15.4 Å². The van der Waals surface area contributed by atoms with Crippen molar-refractivity contribution in [3.05, 3.63) is 47.3 Å². The first-order valence-electron chi connectivity index (χ1n) is 12.6. The Balaban J connectivity index is 1.21. The number of nitrogens with zero attached hydrogens (tertiary/aromatic N) is 4. The minimum Gasteiger partial charge on any atom is -0.494 e. The number of anilines is 1. The maximum absolute atomic E-state index is 12.0. The topological polar surface area (TPSA) is 84.6 Å². The summed E-state index contributed by atoms with van der Waals surface area (Å²) in [6.07, 6.45) is 9.53.